The normalized spacial score (nSPS) is 11.8. The fourth-order valence-corrected chi connectivity index (χ4v) is 3.46. The lowest BCUT2D eigenvalue weighted by Crippen LogP contribution is -2.15. The summed E-state index contributed by atoms with van der Waals surface area (Å²) < 4.78 is 34.0. The summed E-state index contributed by atoms with van der Waals surface area (Å²) in [5.74, 6) is -1.31. The second kappa shape index (κ2) is 11.8. The Balaban J connectivity index is 2.48. The molecular formula is C22H23NO9S. The second-order valence-corrected chi connectivity index (χ2v) is 8.86. The minimum Gasteiger partial charge on any atom is -0.462 e. The molecule has 0 bridgehead atoms. The molecule has 33 heavy (non-hydrogen) atoms. The van der Waals surface area contributed by atoms with Gasteiger partial charge in [0.05, 0.1) is 23.7 Å². The van der Waals surface area contributed by atoms with Gasteiger partial charge in [-0.3, -0.25) is 4.79 Å². The summed E-state index contributed by atoms with van der Waals surface area (Å²) in [5.41, 5.74) is 1.36. The number of benzene rings is 2. The van der Waals surface area contributed by atoms with E-state index in [1.54, 1.807) is 30.3 Å². The van der Waals surface area contributed by atoms with Crippen molar-refractivity contribution in [2.45, 2.75) is 18.2 Å². The van der Waals surface area contributed by atoms with Crippen LogP contribution in [0.15, 0.2) is 59.5 Å². The quantitative estimate of drug-likeness (QED) is 0.119. The minimum absolute atomic E-state index is 0.0905. The van der Waals surface area contributed by atoms with Gasteiger partial charge in [-0.25, -0.2) is 13.2 Å². The zero-order valence-electron chi connectivity index (χ0n) is 18.1. The maximum Gasteiger partial charge on any atom is 0.339 e. The molecule has 0 aliphatic heterocycles. The number of carbonyl (C=O) groups excluding carboxylic acids is 2. The van der Waals surface area contributed by atoms with E-state index in [0.717, 1.165) is 6.26 Å². The lowest BCUT2D eigenvalue weighted by atomic mass is 9.95. The van der Waals surface area contributed by atoms with E-state index in [2.05, 4.69) is 4.84 Å². The third kappa shape index (κ3) is 8.04. The molecule has 11 heteroatoms. The number of carbonyl (C=O) groups is 2. The summed E-state index contributed by atoms with van der Waals surface area (Å²) in [6.45, 7) is 0.576. The van der Waals surface area contributed by atoms with Gasteiger partial charge < -0.3 is 14.3 Å². The van der Waals surface area contributed by atoms with E-state index in [1.165, 1.54) is 31.2 Å². The zero-order chi connectivity index (χ0) is 24.4. The third-order valence-electron chi connectivity index (χ3n) is 4.34. The maximum atomic E-state index is 13.0. The largest absolute Gasteiger partial charge is 0.462 e. The van der Waals surface area contributed by atoms with Gasteiger partial charge in [-0.05, 0) is 23.3 Å². The highest BCUT2D eigenvalue weighted by Gasteiger charge is 2.22. The molecule has 0 fully saturated rings. The summed E-state index contributed by atoms with van der Waals surface area (Å²) in [6.07, 6.45) is 1.17. The van der Waals surface area contributed by atoms with E-state index in [-0.39, 0.29) is 36.7 Å². The van der Waals surface area contributed by atoms with Crippen molar-refractivity contribution in [1.29, 1.82) is 0 Å². The maximum absolute atomic E-state index is 13.0. The number of hydrogen-bond acceptors (Lipinski definition) is 9. The highest BCUT2D eigenvalue weighted by Crippen LogP contribution is 2.29. The number of rotatable bonds is 11. The molecule has 0 saturated carbocycles. The lowest BCUT2D eigenvalue weighted by molar-refractivity contribution is -0.757. The van der Waals surface area contributed by atoms with E-state index in [0.29, 0.717) is 16.7 Å². The van der Waals surface area contributed by atoms with Crippen LogP contribution in [0.4, 0.5) is 0 Å². The molecule has 2 rings (SSSR count). The fourth-order valence-electron chi connectivity index (χ4n) is 2.83. The topological polar surface area (TPSA) is 139 Å². The molecule has 0 unspecified atom stereocenters. The first-order valence-electron chi connectivity index (χ1n) is 9.76. The molecule has 0 N–H and O–H groups in total. The molecular weight excluding hydrogens is 454 g/mol. The van der Waals surface area contributed by atoms with Crippen LogP contribution >= 0.6 is 0 Å². The van der Waals surface area contributed by atoms with Crippen LogP contribution in [0.25, 0.3) is 11.1 Å². The summed E-state index contributed by atoms with van der Waals surface area (Å²) in [6, 6.07) is 14.3. The Morgan fingerprint density at radius 1 is 0.939 bits per heavy atom. The Bertz CT molecular complexity index is 1120. The molecule has 0 atom stereocenters. The van der Waals surface area contributed by atoms with Gasteiger partial charge in [0, 0.05) is 25.2 Å². The monoisotopic (exact) mass is 477 g/mol. The molecule has 2 aromatic carbocycles. The average molecular weight is 477 g/mol. The van der Waals surface area contributed by atoms with Gasteiger partial charge in [0.1, 0.15) is 6.61 Å². The Morgan fingerprint density at radius 2 is 1.58 bits per heavy atom. The van der Waals surface area contributed by atoms with Gasteiger partial charge in [0.25, 0.3) is 5.09 Å². The van der Waals surface area contributed by atoms with Gasteiger partial charge in [0.2, 0.25) is 0 Å². The van der Waals surface area contributed by atoms with E-state index < -0.39 is 26.9 Å². The van der Waals surface area contributed by atoms with Crippen LogP contribution in [0.2, 0.25) is 0 Å². The first-order chi connectivity index (χ1) is 15.6. The van der Waals surface area contributed by atoms with Crippen molar-refractivity contribution < 1.29 is 37.4 Å². The molecule has 0 aliphatic rings. The first-order valence-corrected chi connectivity index (χ1v) is 11.7. The SMILES string of the molecule is CC(=O)OC/C(=C(\C(=O)OCCCO[N+](=O)[O-])c1ccccc1)c1ccc(S(C)(=O)=O)cc1. The third-order valence-corrected chi connectivity index (χ3v) is 5.47. The Morgan fingerprint density at radius 3 is 2.12 bits per heavy atom. The first kappa shape index (κ1) is 25.5. The highest BCUT2D eigenvalue weighted by atomic mass is 32.2. The number of hydrogen-bond donors (Lipinski definition) is 0. The molecule has 0 radical (unpaired) electrons. The molecule has 0 heterocycles. The van der Waals surface area contributed by atoms with E-state index in [1.807, 2.05) is 0 Å². The van der Waals surface area contributed by atoms with Crippen molar-refractivity contribution in [3.63, 3.8) is 0 Å². The second-order valence-electron chi connectivity index (χ2n) is 6.84. The smallest absolute Gasteiger partial charge is 0.339 e. The van der Waals surface area contributed by atoms with E-state index in [9.17, 15) is 28.1 Å². The van der Waals surface area contributed by atoms with Crippen molar-refractivity contribution >= 4 is 32.9 Å². The lowest BCUT2D eigenvalue weighted by Gasteiger charge is -2.16. The Kier molecular flexibility index (Phi) is 9.10. The van der Waals surface area contributed by atoms with Crippen LogP contribution in [-0.4, -0.2) is 51.5 Å². The summed E-state index contributed by atoms with van der Waals surface area (Å²) in [4.78, 5) is 39.0. The van der Waals surface area contributed by atoms with Crippen molar-refractivity contribution in [1.82, 2.24) is 0 Å². The number of sulfone groups is 1. The standard InChI is InChI=1S/C22H23NO9S/c1-16(24)31-15-20(17-9-11-19(12-10-17)33(2,28)29)21(18-7-4-3-5-8-18)22(25)30-13-6-14-32-23(26)27/h3-5,7-12H,6,13-15H2,1-2H3/b21-20+. The van der Waals surface area contributed by atoms with Crippen molar-refractivity contribution in [2.24, 2.45) is 0 Å². The molecule has 2 aromatic rings. The summed E-state index contributed by atoms with van der Waals surface area (Å²) in [7, 11) is -3.44. The van der Waals surface area contributed by atoms with Crippen LogP contribution < -0.4 is 0 Å². The molecule has 0 aromatic heterocycles. The van der Waals surface area contributed by atoms with Crippen molar-refractivity contribution in [2.75, 3.05) is 26.1 Å². The van der Waals surface area contributed by atoms with Crippen molar-refractivity contribution in [3.8, 4) is 0 Å². The summed E-state index contributed by atoms with van der Waals surface area (Å²) in [5, 5.41) is 9.30. The van der Waals surface area contributed by atoms with Crippen molar-refractivity contribution in [3.05, 3.63) is 75.8 Å². The van der Waals surface area contributed by atoms with Gasteiger partial charge in [-0.2, -0.15) is 0 Å². The number of esters is 2. The molecule has 0 saturated heterocycles. The fraction of sp³-hybridized carbons (Fsp3) is 0.273. The van der Waals surface area contributed by atoms with Gasteiger partial charge >= 0.3 is 11.9 Å². The predicted molar refractivity (Wildman–Crippen MR) is 118 cm³/mol. The zero-order valence-corrected chi connectivity index (χ0v) is 18.9. The Hall–Kier alpha value is -3.73. The highest BCUT2D eigenvalue weighted by molar-refractivity contribution is 7.90. The Labute approximate surface area is 190 Å². The molecule has 10 nitrogen and oxygen atoms in total. The number of nitrogens with zero attached hydrogens (tertiary/aromatic N) is 1. The van der Waals surface area contributed by atoms with Crippen LogP contribution in [0, 0.1) is 10.1 Å². The van der Waals surface area contributed by atoms with Crippen LogP contribution in [-0.2, 0) is 33.7 Å². The average Bonchev–Trinajstić information content (AvgIpc) is 2.76. The molecule has 0 spiro atoms. The van der Waals surface area contributed by atoms with Gasteiger partial charge in [-0.15, -0.1) is 10.1 Å². The molecule has 0 aliphatic carbocycles. The predicted octanol–water partition coefficient (Wildman–Crippen LogP) is 2.71. The van der Waals surface area contributed by atoms with Crippen LogP contribution in [0.5, 0.6) is 0 Å². The van der Waals surface area contributed by atoms with Crippen LogP contribution in [0.3, 0.4) is 0 Å². The van der Waals surface area contributed by atoms with E-state index in [4.69, 9.17) is 9.47 Å². The van der Waals surface area contributed by atoms with Gasteiger partial charge in [0.15, 0.2) is 9.84 Å². The molecule has 176 valence electrons. The molecule has 0 amide bonds. The number of ether oxygens (including phenoxy) is 2. The van der Waals surface area contributed by atoms with Crippen LogP contribution in [0.1, 0.15) is 24.5 Å². The van der Waals surface area contributed by atoms with E-state index >= 15 is 0 Å². The van der Waals surface area contributed by atoms with Gasteiger partial charge in [-0.1, -0.05) is 42.5 Å². The minimum atomic E-state index is -3.44. The summed E-state index contributed by atoms with van der Waals surface area (Å²) >= 11 is 0.